The fraction of sp³-hybridized carbons (Fsp3) is 0.444. The molecular formula is C9H13N5O2. The summed E-state index contributed by atoms with van der Waals surface area (Å²) in [5.74, 6) is 0.373. The summed E-state index contributed by atoms with van der Waals surface area (Å²) in [6, 6.07) is 0. The number of aliphatic imine (C=N–C) groups is 1. The minimum absolute atomic E-state index is 0.0368. The summed E-state index contributed by atoms with van der Waals surface area (Å²) in [5.41, 5.74) is 5.10. The van der Waals surface area contributed by atoms with Gasteiger partial charge in [-0.05, 0) is 13.8 Å². The molecule has 16 heavy (non-hydrogen) atoms. The van der Waals surface area contributed by atoms with Crippen LogP contribution >= 0.6 is 0 Å². The Balaban J connectivity index is 2.65. The molecule has 1 aliphatic heterocycles. The SMILES string of the molecule is CC1(C)Nc2nc(N)[nH]c(=O)c2N=C1CO. The molecule has 7 nitrogen and oxygen atoms in total. The first-order valence-electron chi connectivity index (χ1n) is 4.81. The zero-order valence-corrected chi connectivity index (χ0v) is 9.03. The average Bonchev–Trinajstić information content (AvgIpc) is 2.14. The lowest BCUT2D eigenvalue weighted by Crippen LogP contribution is -2.45. The Bertz CT molecular complexity index is 517. The fourth-order valence-electron chi connectivity index (χ4n) is 1.55. The second-order valence-corrected chi connectivity index (χ2v) is 4.11. The number of aliphatic hydroxyl groups is 1. The molecule has 2 rings (SSSR count). The molecule has 0 aliphatic carbocycles. The van der Waals surface area contributed by atoms with E-state index in [0.717, 1.165) is 0 Å². The Morgan fingerprint density at radius 1 is 1.50 bits per heavy atom. The number of hydrogen-bond donors (Lipinski definition) is 4. The molecule has 0 unspecified atom stereocenters. The molecule has 0 radical (unpaired) electrons. The first kappa shape index (κ1) is 10.6. The molecule has 1 aromatic rings. The predicted octanol–water partition coefficient (Wildman–Crippen LogP) is -0.379. The molecule has 86 valence electrons. The summed E-state index contributed by atoms with van der Waals surface area (Å²) < 4.78 is 0. The normalized spacial score (nSPS) is 17.3. The van der Waals surface area contributed by atoms with Gasteiger partial charge < -0.3 is 16.2 Å². The first-order chi connectivity index (χ1) is 7.44. The Kier molecular flexibility index (Phi) is 2.20. The van der Waals surface area contributed by atoms with Gasteiger partial charge in [0.25, 0.3) is 5.56 Å². The van der Waals surface area contributed by atoms with Gasteiger partial charge in [0.2, 0.25) is 5.95 Å². The van der Waals surface area contributed by atoms with Crippen LogP contribution in [0.2, 0.25) is 0 Å². The molecule has 0 aromatic carbocycles. The van der Waals surface area contributed by atoms with E-state index in [1.54, 1.807) is 0 Å². The van der Waals surface area contributed by atoms with Gasteiger partial charge in [-0.3, -0.25) is 9.78 Å². The number of aromatic nitrogens is 2. The lowest BCUT2D eigenvalue weighted by atomic mass is 9.97. The first-order valence-corrected chi connectivity index (χ1v) is 4.81. The Morgan fingerprint density at radius 2 is 2.19 bits per heavy atom. The van der Waals surface area contributed by atoms with E-state index in [1.807, 2.05) is 13.8 Å². The zero-order valence-electron chi connectivity index (χ0n) is 9.03. The molecule has 0 spiro atoms. The molecule has 0 amide bonds. The van der Waals surface area contributed by atoms with Crippen LogP contribution in [-0.4, -0.2) is 32.9 Å². The Hall–Kier alpha value is -1.89. The standard InChI is InChI=1S/C9H13N5O2/c1-9(2)4(3-15)11-5-6(14-9)12-8(10)13-7(5)16/h15H,3H2,1-2H3,(H4,10,12,13,14,16). The maximum atomic E-state index is 11.6. The minimum atomic E-state index is -0.547. The van der Waals surface area contributed by atoms with E-state index in [2.05, 4.69) is 20.3 Å². The van der Waals surface area contributed by atoms with Crippen LogP contribution in [0, 0.1) is 0 Å². The van der Waals surface area contributed by atoms with Gasteiger partial charge in [0.1, 0.15) is 0 Å². The van der Waals surface area contributed by atoms with E-state index in [9.17, 15) is 4.79 Å². The molecule has 0 saturated carbocycles. The molecule has 0 atom stereocenters. The third kappa shape index (κ3) is 1.54. The van der Waals surface area contributed by atoms with Gasteiger partial charge in [0, 0.05) is 0 Å². The van der Waals surface area contributed by atoms with Crippen molar-refractivity contribution in [1.29, 1.82) is 0 Å². The summed E-state index contributed by atoms with van der Waals surface area (Å²) >= 11 is 0. The number of nitrogens with two attached hydrogens (primary N) is 1. The topological polar surface area (TPSA) is 116 Å². The molecule has 7 heteroatoms. The zero-order chi connectivity index (χ0) is 11.9. The average molecular weight is 223 g/mol. The van der Waals surface area contributed by atoms with Crippen molar-refractivity contribution in [2.45, 2.75) is 19.4 Å². The van der Waals surface area contributed by atoms with Crippen LogP contribution in [-0.2, 0) is 0 Å². The number of nitrogens with zero attached hydrogens (tertiary/aromatic N) is 2. The van der Waals surface area contributed by atoms with E-state index in [0.29, 0.717) is 11.5 Å². The van der Waals surface area contributed by atoms with Crippen molar-refractivity contribution in [3.05, 3.63) is 10.4 Å². The molecule has 0 bridgehead atoms. The van der Waals surface area contributed by atoms with Crippen LogP contribution in [0.15, 0.2) is 9.79 Å². The summed E-state index contributed by atoms with van der Waals surface area (Å²) in [5, 5.41) is 12.2. The summed E-state index contributed by atoms with van der Waals surface area (Å²) in [7, 11) is 0. The number of H-pyrrole nitrogens is 1. The lowest BCUT2D eigenvalue weighted by molar-refractivity contribution is 0.349. The van der Waals surface area contributed by atoms with E-state index in [-0.39, 0.29) is 18.2 Å². The van der Waals surface area contributed by atoms with Crippen molar-refractivity contribution < 1.29 is 5.11 Å². The highest BCUT2D eigenvalue weighted by molar-refractivity contribution is 6.01. The summed E-state index contributed by atoms with van der Waals surface area (Å²) in [6.07, 6.45) is 0. The van der Waals surface area contributed by atoms with Crippen molar-refractivity contribution in [2.24, 2.45) is 4.99 Å². The predicted molar refractivity (Wildman–Crippen MR) is 61.2 cm³/mol. The molecule has 0 saturated heterocycles. The van der Waals surface area contributed by atoms with Crippen molar-refractivity contribution in [3.63, 3.8) is 0 Å². The number of hydrogen-bond acceptors (Lipinski definition) is 6. The lowest BCUT2D eigenvalue weighted by Gasteiger charge is -2.31. The van der Waals surface area contributed by atoms with Crippen LogP contribution in [0.3, 0.4) is 0 Å². The molecule has 2 heterocycles. The number of rotatable bonds is 1. The van der Waals surface area contributed by atoms with Gasteiger partial charge >= 0.3 is 0 Å². The van der Waals surface area contributed by atoms with Gasteiger partial charge in [-0.15, -0.1) is 0 Å². The van der Waals surface area contributed by atoms with Gasteiger partial charge in [0.15, 0.2) is 11.5 Å². The highest BCUT2D eigenvalue weighted by Crippen LogP contribution is 2.28. The highest BCUT2D eigenvalue weighted by atomic mass is 16.3. The summed E-state index contributed by atoms with van der Waals surface area (Å²) in [4.78, 5) is 22.0. The van der Waals surface area contributed by atoms with Crippen LogP contribution in [0.5, 0.6) is 0 Å². The second-order valence-electron chi connectivity index (χ2n) is 4.11. The fourth-order valence-corrected chi connectivity index (χ4v) is 1.55. The largest absolute Gasteiger partial charge is 0.390 e. The number of aliphatic hydroxyl groups excluding tert-OH is 1. The van der Waals surface area contributed by atoms with E-state index >= 15 is 0 Å². The maximum absolute atomic E-state index is 11.6. The minimum Gasteiger partial charge on any atom is -0.390 e. The van der Waals surface area contributed by atoms with Gasteiger partial charge in [-0.1, -0.05) is 0 Å². The molecule has 1 aromatic heterocycles. The Labute approximate surface area is 91.4 Å². The summed E-state index contributed by atoms with van der Waals surface area (Å²) in [6.45, 7) is 3.46. The van der Waals surface area contributed by atoms with Gasteiger partial charge in [0.05, 0.1) is 17.9 Å². The monoisotopic (exact) mass is 223 g/mol. The third-order valence-electron chi connectivity index (χ3n) is 2.46. The Morgan fingerprint density at radius 3 is 2.81 bits per heavy atom. The highest BCUT2D eigenvalue weighted by Gasteiger charge is 2.31. The van der Waals surface area contributed by atoms with Crippen molar-refractivity contribution >= 4 is 23.2 Å². The van der Waals surface area contributed by atoms with Crippen LogP contribution < -0.4 is 16.6 Å². The van der Waals surface area contributed by atoms with E-state index in [1.165, 1.54) is 0 Å². The number of fused-ring (bicyclic) bond motifs is 1. The number of nitrogen functional groups attached to an aromatic ring is 1. The number of aromatic amines is 1. The maximum Gasteiger partial charge on any atom is 0.280 e. The van der Waals surface area contributed by atoms with Gasteiger partial charge in [-0.2, -0.15) is 4.98 Å². The molecule has 5 N–H and O–H groups in total. The van der Waals surface area contributed by atoms with E-state index in [4.69, 9.17) is 10.8 Å². The van der Waals surface area contributed by atoms with Crippen LogP contribution in [0.25, 0.3) is 0 Å². The molecular weight excluding hydrogens is 210 g/mol. The van der Waals surface area contributed by atoms with Crippen molar-refractivity contribution in [2.75, 3.05) is 17.7 Å². The molecule has 1 aliphatic rings. The third-order valence-corrected chi connectivity index (χ3v) is 2.46. The van der Waals surface area contributed by atoms with Crippen LogP contribution in [0.1, 0.15) is 13.8 Å². The van der Waals surface area contributed by atoms with Crippen molar-refractivity contribution in [3.8, 4) is 0 Å². The smallest absolute Gasteiger partial charge is 0.280 e. The second kappa shape index (κ2) is 3.31. The number of nitrogens with one attached hydrogen (secondary N) is 2. The van der Waals surface area contributed by atoms with Crippen molar-refractivity contribution in [1.82, 2.24) is 9.97 Å². The number of anilines is 2. The van der Waals surface area contributed by atoms with Crippen LogP contribution in [0.4, 0.5) is 17.5 Å². The molecule has 0 fully saturated rings. The van der Waals surface area contributed by atoms with Gasteiger partial charge in [-0.25, -0.2) is 4.99 Å². The van der Waals surface area contributed by atoms with E-state index < -0.39 is 11.1 Å². The quantitative estimate of drug-likeness (QED) is 0.518.